The van der Waals surface area contributed by atoms with Crippen LogP contribution in [0.5, 0.6) is 0 Å². The highest BCUT2D eigenvalue weighted by Crippen LogP contribution is 2.68. The van der Waals surface area contributed by atoms with E-state index in [9.17, 15) is 10.4 Å². The molecule has 26 heavy (non-hydrogen) atoms. The Hall–Kier alpha value is -0.850. The van der Waals surface area contributed by atoms with Gasteiger partial charge in [-0.05, 0) is 92.8 Å². The predicted octanol–water partition coefficient (Wildman–Crippen LogP) is 4.85. The number of hydrogen-bond acceptors (Lipinski definition) is 3. The molecule has 4 rings (SSSR count). The highest BCUT2D eigenvalue weighted by molar-refractivity contribution is 5.28. The van der Waals surface area contributed by atoms with Crippen molar-refractivity contribution in [2.45, 2.75) is 83.8 Å². The van der Waals surface area contributed by atoms with E-state index >= 15 is 0 Å². The number of fused-ring (bicyclic) bond motifs is 5. The fourth-order valence-corrected chi connectivity index (χ4v) is 7.94. The van der Waals surface area contributed by atoms with Crippen LogP contribution in [0.4, 0.5) is 0 Å². The molecule has 3 nitrogen and oxygen atoms in total. The van der Waals surface area contributed by atoms with Crippen LogP contribution in [0.15, 0.2) is 11.6 Å². The molecule has 4 aliphatic carbocycles. The zero-order valence-electron chi connectivity index (χ0n) is 16.9. The molecule has 0 bridgehead atoms. The molecular formula is C23H35NO2. The largest absolute Gasteiger partial charge is 0.387 e. The monoisotopic (exact) mass is 357 g/mol. The zero-order valence-corrected chi connectivity index (χ0v) is 16.9. The zero-order chi connectivity index (χ0) is 18.7. The molecule has 3 heteroatoms. The smallest absolute Gasteiger partial charge is 0.0911 e. The molecule has 4 fully saturated rings. The fourth-order valence-electron chi connectivity index (χ4n) is 7.94. The highest BCUT2D eigenvalue weighted by atomic mass is 16.5. The first kappa shape index (κ1) is 18.5. The van der Waals surface area contributed by atoms with Gasteiger partial charge in [0.15, 0.2) is 0 Å². The van der Waals surface area contributed by atoms with Gasteiger partial charge < -0.3 is 9.84 Å². The summed E-state index contributed by atoms with van der Waals surface area (Å²) < 4.78 is 5.76. The molecule has 1 unspecified atom stereocenters. The van der Waals surface area contributed by atoms with Crippen molar-refractivity contribution >= 4 is 0 Å². The minimum absolute atomic E-state index is 0.0477. The van der Waals surface area contributed by atoms with Crippen LogP contribution < -0.4 is 0 Å². The number of nitriles is 1. The number of hydrogen-bond donors (Lipinski definition) is 1. The van der Waals surface area contributed by atoms with Crippen molar-refractivity contribution in [3.8, 4) is 6.07 Å². The maximum atomic E-state index is 10.9. The van der Waals surface area contributed by atoms with Gasteiger partial charge in [0.05, 0.1) is 17.8 Å². The summed E-state index contributed by atoms with van der Waals surface area (Å²) >= 11 is 0. The molecular weight excluding hydrogens is 322 g/mol. The Morgan fingerprint density at radius 3 is 2.58 bits per heavy atom. The summed E-state index contributed by atoms with van der Waals surface area (Å²) in [4.78, 5) is 0. The summed E-state index contributed by atoms with van der Waals surface area (Å²) in [6.07, 6.45) is 11.1. The van der Waals surface area contributed by atoms with Crippen LogP contribution in [0.25, 0.3) is 0 Å². The van der Waals surface area contributed by atoms with Crippen LogP contribution in [0.1, 0.15) is 72.1 Å². The molecule has 8 atom stereocenters. The first-order valence-corrected chi connectivity index (χ1v) is 10.6. The molecule has 0 spiro atoms. The quantitative estimate of drug-likeness (QED) is 0.682. The summed E-state index contributed by atoms with van der Waals surface area (Å²) in [5.74, 6) is 2.88. The fraction of sp³-hybridized carbons (Fsp3) is 0.870. The minimum atomic E-state index is -0.689. The first-order chi connectivity index (χ1) is 12.3. The second-order valence-electron chi connectivity index (χ2n) is 10.4. The van der Waals surface area contributed by atoms with E-state index in [0.717, 1.165) is 37.0 Å². The molecule has 0 heterocycles. The normalized spacial score (nSPS) is 54.9. The van der Waals surface area contributed by atoms with Gasteiger partial charge in [0.25, 0.3) is 0 Å². The van der Waals surface area contributed by atoms with E-state index in [1.54, 1.807) is 7.11 Å². The van der Waals surface area contributed by atoms with E-state index in [0.29, 0.717) is 5.92 Å². The SMILES string of the molecule is CO[C@H]1C[C@@]2(C)C(CC[C@@H]3[C@@H]2CC[C@]2(C)/C(=C\C#N)CC[C@@H]32)C[C@]1(C)O. The van der Waals surface area contributed by atoms with E-state index in [2.05, 4.69) is 19.9 Å². The molecule has 0 saturated heterocycles. The van der Waals surface area contributed by atoms with Crippen LogP contribution in [-0.2, 0) is 4.74 Å². The molecule has 0 aromatic rings. The Balaban J connectivity index is 1.64. The van der Waals surface area contributed by atoms with Gasteiger partial charge in [-0.2, -0.15) is 5.26 Å². The Kier molecular flexibility index (Phi) is 4.33. The van der Waals surface area contributed by atoms with Gasteiger partial charge in [-0.15, -0.1) is 0 Å². The summed E-state index contributed by atoms with van der Waals surface area (Å²) in [7, 11) is 1.76. The van der Waals surface area contributed by atoms with Crippen LogP contribution >= 0.6 is 0 Å². The number of nitrogens with zero attached hydrogens (tertiary/aromatic N) is 1. The van der Waals surface area contributed by atoms with E-state index in [1.807, 2.05) is 13.0 Å². The maximum absolute atomic E-state index is 10.9. The molecule has 4 saturated carbocycles. The predicted molar refractivity (Wildman–Crippen MR) is 102 cm³/mol. The third-order valence-electron chi connectivity index (χ3n) is 9.41. The van der Waals surface area contributed by atoms with E-state index in [-0.39, 0.29) is 16.9 Å². The van der Waals surface area contributed by atoms with Crippen molar-refractivity contribution in [2.75, 3.05) is 7.11 Å². The summed E-state index contributed by atoms with van der Waals surface area (Å²) in [6.45, 7) is 6.90. The van der Waals surface area contributed by atoms with Gasteiger partial charge in [0.2, 0.25) is 0 Å². The van der Waals surface area contributed by atoms with Crippen molar-refractivity contribution < 1.29 is 9.84 Å². The second-order valence-corrected chi connectivity index (χ2v) is 10.4. The molecule has 0 amide bonds. The van der Waals surface area contributed by atoms with Crippen LogP contribution in [-0.4, -0.2) is 23.9 Å². The van der Waals surface area contributed by atoms with Crippen LogP contribution in [0.3, 0.4) is 0 Å². The molecule has 0 radical (unpaired) electrons. The second kappa shape index (κ2) is 6.08. The average Bonchev–Trinajstić information content (AvgIpc) is 2.92. The number of aliphatic hydroxyl groups is 1. The van der Waals surface area contributed by atoms with Crippen molar-refractivity contribution in [1.29, 1.82) is 5.26 Å². The van der Waals surface area contributed by atoms with Crippen molar-refractivity contribution in [3.05, 3.63) is 11.6 Å². The lowest BCUT2D eigenvalue weighted by molar-refractivity contribution is -0.195. The third-order valence-corrected chi connectivity index (χ3v) is 9.41. The van der Waals surface area contributed by atoms with Crippen molar-refractivity contribution in [2.24, 2.45) is 34.5 Å². The van der Waals surface area contributed by atoms with Gasteiger partial charge in [-0.25, -0.2) is 0 Å². The van der Waals surface area contributed by atoms with Gasteiger partial charge >= 0.3 is 0 Å². The van der Waals surface area contributed by atoms with Gasteiger partial charge in [0.1, 0.15) is 0 Å². The average molecular weight is 358 g/mol. The van der Waals surface area contributed by atoms with E-state index in [4.69, 9.17) is 4.74 Å². The summed E-state index contributed by atoms with van der Waals surface area (Å²) in [6, 6.07) is 2.31. The molecule has 0 aromatic carbocycles. The van der Waals surface area contributed by atoms with Crippen molar-refractivity contribution in [3.63, 3.8) is 0 Å². The summed E-state index contributed by atoms with van der Waals surface area (Å²) in [5, 5.41) is 20.1. The lowest BCUT2D eigenvalue weighted by Gasteiger charge is -2.62. The van der Waals surface area contributed by atoms with Crippen LogP contribution in [0, 0.1) is 45.8 Å². The van der Waals surface area contributed by atoms with E-state index in [1.165, 1.54) is 37.7 Å². The van der Waals surface area contributed by atoms with Crippen molar-refractivity contribution in [1.82, 2.24) is 0 Å². The topological polar surface area (TPSA) is 53.2 Å². The Labute approximate surface area is 158 Å². The molecule has 144 valence electrons. The number of methoxy groups -OCH3 is 1. The van der Waals surface area contributed by atoms with Gasteiger partial charge in [0, 0.05) is 13.2 Å². The molecule has 4 aliphatic rings. The maximum Gasteiger partial charge on any atom is 0.0911 e. The minimum Gasteiger partial charge on any atom is -0.387 e. The Bertz CT molecular complexity index is 647. The highest BCUT2D eigenvalue weighted by Gasteiger charge is 2.61. The van der Waals surface area contributed by atoms with E-state index < -0.39 is 5.60 Å². The summed E-state index contributed by atoms with van der Waals surface area (Å²) in [5.41, 5.74) is 1.26. The Morgan fingerprint density at radius 2 is 1.88 bits per heavy atom. The Morgan fingerprint density at radius 1 is 1.12 bits per heavy atom. The third kappa shape index (κ3) is 2.45. The lowest BCUT2D eigenvalue weighted by Crippen LogP contribution is -2.59. The van der Waals surface area contributed by atoms with Gasteiger partial charge in [-0.3, -0.25) is 0 Å². The van der Waals surface area contributed by atoms with Gasteiger partial charge in [-0.1, -0.05) is 19.4 Å². The van der Waals surface area contributed by atoms with Crippen LogP contribution in [0.2, 0.25) is 0 Å². The number of ether oxygens (including phenoxy) is 1. The number of allylic oxidation sites excluding steroid dienone is 2. The molecule has 1 N–H and O–H groups in total. The number of rotatable bonds is 1. The standard InChI is InChI=1S/C23H35NO2/c1-21-11-9-19-17(18(21)8-6-15(21)10-12-24)7-5-16-13-23(3,25)20(26-4)14-22(16,19)2/h10,16-20,25H,5-9,11,13-14H2,1-4H3/b15-10-/t16?,17-,18-,19-,20-,21+,22-,23-/m0/s1. The lowest BCUT2D eigenvalue weighted by atomic mass is 9.44. The first-order valence-electron chi connectivity index (χ1n) is 10.6. The molecule has 0 aromatic heterocycles. The molecule has 0 aliphatic heterocycles.